The Morgan fingerprint density at radius 1 is 1.33 bits per heavy atom. The second-order valence-electron chi connectivity index (χ2n) is 6.08. The van der Waals surface area contributed by atoms with Gasteiger partial charge in [0, 0.05) is 12.0 Å². The Hall–Kier alpha value is -0.410. The van der Waals surface area contributed by atoms with E-state index in [1.54, 1.807) is 0 Å². The number of carbonyl (C=O) groups excluding carboxylic acids is 1. The Balaban J connectivity index is 1.90. The quantitative estimate of drug-likeness (QED) is 0.817. The van der Waals surface area contributed by atoms with Gasteiger partial charge in [0.15, 0.2) is 0 Å². The van der Waals surface area contributed by atoms with Crippen LogP contribution >= 0.6 is 0 Å². The van der Waals surface area contributed by atoms with Crippen molar-refractivity contribution in [2.24, 2.45) is 17.8 Å². The van der Waals surface area contributed by atoms with Crippen LogP contribution in [0.15, 0.2) is 0 Å². The van der Waals surface area contributed by atoms with Gasteiger partial charge in [-0.2, -0.15) is 0 Å². The highest BCUT2D eigenvalue weighted by atomic mass is 16.5. The predicted octanol–water partition coefficient (Wildman–Crippen LogP) is 2.40. The van der Waals surface area contributed by atoms with Gasteiger partial charge in [-0.1, -0.05) is 26.7 Å². The molecule has 2 rings (SSSR count). The fraction of sp³-hybridized carbons (Fsp3) is 0.933. The second kappa shape index (κ2) is 6.67. The number of Topliss-reactive ketones (excluding diaryl/α,β-unsaturated/α-hetero) is 1. The fourth-order valence-electron chi connectivity index (χ4n) is 3.36. The first-order chi connectivity index (χ1) is 8.72. The van der Waals surface area contributed by atoms with Gasteiger partial charge in [-0.3, -0.25) is 4.79 Å². The van der Waals surface area contributed by atoms with Crippen LogP contribution in [0.2, 0.25) is 0 Å². The molecule has 4 atom stereocenters. The summed E-state index contributed by atoms with van der Waals surface area (Å²) in [6.07, 6.45) is 5.81. The number of rotatable bonds is 5. The number of ketones is 1. The first-order valence-corrected chi connectivity index (χ1v) is 7.57. The van der Waals surface area contributed by atoms with Gasteiger partial charge in [0.05, 0.1) is 19.1 Å². The minimum absolute atomic E-state index is 0.104. The number of nitrogens with one attached hydrogen (secondary N) is 1. The molecule has 0 aromatic carbocycles. The summed E-state index contributed by atoms with van der Waals surface area (Å²) in [5.74, 6) is 1.59. The van der Waals surface area contributed by atoms with E-state index in [9.17, 15) is 4.79 Å². The zero-order valence-corrected chi connectivity index (χ0v) is 11.8. The average Bonchev–Trinajstić information content (AvgIpc) is 2.83. The first kappa shape index (κ1) is 14.0. The molecule has 0 aromatic rings. The number of ether oxygens (including phenoxy) is 1. The molecule has 0 spiro atoms. The molecule has 104 valence electrons. The van der Waals surface area contributed by atoms with E-state index in [2.05, 4.69) is 19.2 Å². The second-order valence-corrected chi connectivity index (χ2v) is 6.08. The Labute approximate surface area is 111 Å². The topological polar surface area (TPSA) is 38.3 Å². The Morgan fingerprint density at radius 3 is 2.89 bits per heavy atom. The molecule has 3 heteroatoms. The summed E-state index contributed by atoms with van der Waals surface area (Å²) in [6.45, 7) is 6.75. The van der Waals surface area contributed by atoms with Crippen molar-refractivity contribution in [2.45, 2.75) is 52.0 Å². The molecule has 0 aromatic heterocycles. The number of carbonyl (C=O) groups is 1. The van der Waals surface area contributed by atoms with Gasteiger partial charge in [0.25, 0.3) is 0 Å². The third-order valence-electron chi connectivity index (χ3n) is 4.44. The van der Waals surface area contributed by atoms with Gasteiger partial charge >= 0.3 is 0 Å². The van der Waals surface area contributed by atoms with Crippen molar-refractivity contribution in [2.75, 3.05) is 19.8 Å². The van der Waals surface area contributed by atoms with Crippen molar-refractivity contribution in [3.8, 4) is 0 Å². The normalized spacial score (nSPS) is 36.8. The maximum Gasteiger partial charge on any atom is 0.143 e. The largest absolute Gasteiger partial charge is 0.379 e. The van der Waals surface area contributed by atoms with Crippen LogP contribution in [-0.2, 0) is 9.53 Å². The molecule has 1 heterocycles. The van der Waals surface area contributed by atoms with Crippen molar-refractivity contribution >= 4 is 5.78 Å². The Morgan fingerprint density at radius 2 is 2.17 bits per heavy atom. The van der Waals surface area contributed by atoms with Gasteiger partial charge in [-0.15, -0.1) is 0 Å². The molecular formula is C15H27NO2. The smallest absolute Gasteiger partial charge is 0.143 e. The van der Waals surface area contributed by atoms with Gasteiger partial charge in [-0.05, 0) is 31.7 Å². The standard InChI is InChI=1S/C15H27NO2/c1-3-7-16-14-10-18-9-13(14)15(17)12-6-4-5-11(2)8-12/h11-14,16H,3-10H2,1-2H3. The highest BCUT2D eigenvalue weighted by molar-refractivity contribution is 5.84. The average molecular weight is 253 g/mol. The number of hydrogen-bond acceptors (Lipinski definition) is 3. The van der Waals surface area contributed by atoms with E-state index in [4.69, 9.17) is 4.74 Å². The van der Waals surface area contributed by atoms with E-state index in [1.807, 2.05) is 0 Å². The molecule has 1 aliphatic carbocycles. The molecule has 0 amide bonds. The van der Waals surface area contributed by atoms with Crippen LogP contribution in [0, 0.1) is 17.8 Å². The molecular weight excluding hydrogens is 226 g/mol. The van der Waals surface area contributed by atoms with Crippen molar-refractivity contribution in [3.63, 3.8) is 0 Å². The zero-order chi connectivity index (χ0) is 13.0. The summed E-state index contributed by atoms with van der Waals surface area (Å²) < 4.78 is 5.52. The van der Waals surface area contributed by atoms with E-state index < -0.39 is 0 Å². The van der Waals surface area contributed by atoms with E-state index in [1.165, 1.54) is 12.8 Å². The Kier molecular flexibility index (Phi) is 5.19. The van der Waals surface area contributed by atoms with Crippen LogP contribution in [0.4, 0.5) is 0 Å². The summed E-state index contributed by atoms with van der Waals surface area (Å²) in [7, 11) is 0. The summed E-state index contributed by atoms with van der Waals surface area (Å²) >= 11 is 0. The van der Waals surface area contributed by atoms with E-state index in [-0.39, 0.29) is 12.0 Å². The molecule has 0 bridgehead atoms. The molecule has 4 unspecified atom stereocenters. The number of hydrogen-bond donors (Lipinski definition) is 1. The predicted molar refractivity (Wildman–Crippen MR) is 72.5 cm³/mol. The third kappa shape index (κ3) is 3.33. The SMILES string of the molecule is CCCNC1COCC1C(=O)C1CCCC(C)C1. The van der Waals surface area contributed by atoms with Crippen LogP contribution < -0.4 is 5.32 Å². The highest BCUT2D eigenvalue weighted by Gasteiger charge is 2.38. The lowest BCUT2D eigenvalue weighted by Gasteiger charge is -2.29. The lowest BCUT2D eigenvalue weighted by atomic mass is 9.76. The lowest BCUT2D eigenvalue weighted by Crippen LogP contribution is -2.42. The summed E-state index contributed by atoms with van der Waals surface area (Å²) in [6, 6.07) is 0.259. The molecule has 1 N–H and O–H groups in total. The fourth-order valence-corrected chi connectivity index (χ4v) is 3.36. The van der Waals surface area contributed by atoms with Crippen LogP contribution in [0.5, 0.6) is 0 Å². The monoisotopic (exact) mass is 253 g/mol. The molecule has 2 fully saturated rings. The van der Waals surface area contributed by atoms with Gasteiger partial charge < -0.3 is 10.1 Å². The van der Waals surface area contributed by atoms with Crippen molar-refractivity contribution in [3.05, 3.63) is 0 Å². The maximum absolute atomic E-state index is 12.6. The molecule has 18 heavy (non-hydrogen) atoms. The third-order valence-corrected chi connectivity index (χ3v) is 4.44. The lowest BCUT2D eigenvalue weighted by molar-refractivity contribution is -0.128. The van der Waals surface area contributed by atoms with Gasteiger partial charge in [-0.25, -0.2) is 0 Å². The van der Waals surface area contributed by atoms with Gasteiger partial charge in [0.1, 0.15) is 5.78 Å². The highest BCUT2D eigenvalue weighted by Crippen LogP contribution is 2.32. The van der Waals surface area contributed by atoms with Crippen LogP contribution in [0.25, 0.3) is 0 Å². The molecule has 1 saturated heterocycles. The first-order valence-electron chi connectivity index (χ1n) is 7.57. The minimum Gasteiger partial charge on any atom is -0.379 e. The Bertz CT molecular complexity index is 280. The molecule has 2 aliphatic rings. The van der Waals surface area contributed by atoms with Crippen molar-refractivity contribution in [1.82, 2.24) is 5.32 Å². The van der Waals surface area contributed by atoms with E-state index in [0.717, 1.165) is 31.7 Å². The zero-order valence-electron chi connectivity index (χ0n) is 11.8. The molecule has 1 aliphatic heterocycles. The maximum atomic E-state index is 12.6. The molecule has 3 nitrogen and oxygen atoms in total. The van der Waals surface area contributed by atoms with E-state index >= 15 is 0 Å². The van der Waals surface area contributed by atoms with Crippen LogP contribution in [0.3, 0.4) is 0 Å². The van der Waals surface area contributed by atoms with Crippen molar-refractivity contribution < 1.29 is 9.53 Å². The van der Waals surface area contributed by atoms with E-state index in [0.29, 0.717) is 24.9 Å². The molecule has 0 radical (unpaired) electrons. The minimum atomic E-state index is 0.104. The summed E-state index contributed by atoms with van der Waals surface area (Å²) in [4.78, 5) is 12.6. The molecule has 1 saturated carbocycles. The van der Waals surface area contributed by atoms with Crippen molar-refractivity contribution in [1.29, 1.82) is 0 Å². The van der Waals surface area contributed by atoms with Gasteiger partial charge in [0.2, 0.25) is 0 Å². The van der Waals surface area contributed by atoms with Crippen LogP contribution in [-0.4, -0.2) is 31.6 Å². The summed E-state index contributed by atoms with van der Waals surface area (Å²) in [5.41, 5.74) is 0. The van der Waals surface area contributed by atoms with Crippen LogP contribution in [0.1, 0.15) is 46.0 Å². The summed E-state index contributed by atoms with van der Waals surface area (Å²) in [5, 5.41) is 3.47.